The first-order valence-electron chi connectivity index (χ1n) is 3.38. The third-order valence-corrected chi connectivity index (χ3v) is 0.800. The molecule has 0 aromatic heterocycles. The minimum Gasteiger partial charge on any atom is -0.399 e. The van der Waals surface area contributed by atoms with Crippen LogP contribution < -0.4 is 15.1 Å². The fourth-order valence-corrected chi connectivity index (χ4v) is 0.453. The van der Waals surface area contributed by atoms with E-state index in [-0.39, 0.29) is 0 Å². The molecule has 0 bridgehead atoms. The third kappa shape index (κ3) is 38.1. The summed E-state index contributed by atoms with van der Waals surface area (Å²) in [5, 5.41) is 0. The van der Waals surface area contributed by atoms with Crippen molar-refractivity contribution >= 4 is 16.1 Å². The Kier molecular flexibility index (Phi) is 10.1. The predicted molar refractivity (Wildman–Crippen MR) is 47.3 cm³/mol. The summed E-state index contributed by atoms with van der Waals surface area (Å²) in [5.74, 6) is 0. The topological polar surface area (TPSA) is 167 Å². The van der Waals surface area contributed by atoms with Gasteiger partial charge in [0.05, 0.1) is 0 Å². The van der Waals surface area contributed by atoms with Crippen LogP contribution in [0.1, 0.15) is 0 Å². The molecule has 10 heteroatoms. The van der Waals surface area contributed by atoms with Crippen molar-refractivity contribution in [2.45, 2.75) is 0 Å². The van der Waals surface area contributed by atoms with E-state index >= 15 is 0 Å². The van der Waals surface area contributed by atoms with Crippen molar-refractivity contribution < 1.29 is 42.3 Å². The molecule has 0 spiro atoms. The van der Waals surface area contributed by atoms with Crippen LogP contribution in [0.4, 0.5) is 5.69 Å². The average Bonchev–Trinajstić information content (AvgIpc) is 2.00. The van der Waals surface area contributed by atoms with Crippen LogP contribution in [0.2, 0.25) is 0 Å². The Morgan fingerprint density at radius 3 is 1.50 bits per heavy atom. The van der Waals surface area contributed by atoms with Gasteiger partial charge in [-0.1, -0.05) is 18.2 Å². The smallest absolute Gasteiger partial charge is 0.394 e. The lowest BCUT2D eigenvalue weighted by Crippen LogP contribution is -2.30. The van der Waals surface area contributed by atoms with Crippen molar-refractivity contribution in [1.82, 2.24) is 0 Å². The lowest BCUT2D eigenvalue weighted by molar-refractivity contribution is -1.63. The number of nitrogen functional groups attached to an aromatic ring is 1. The van der Waals surface area contributed by atoms with Gasteiger partial charge in [0.15, 0.2) is 0 Å². The number of para-hydroxylation sites is 1. The quantitative estimate of drug-likeness (QED) is 0.302. The zero-order valence-corrected chi connectivity index (χ0v) is 9.30. The molecule has 1 aromatic carbocycles. The van der Waals surface area contributed by atoms with Gasteiger partial charge in [0.1, 0.15) is 0 Å². The molecule has 0 atom stereocenters. The molecule has 94 valence electrons. The molecule has 16 heavy (non-hydrogen) atoms. The Morgan fingerprint density at radius 2 is 1.38 bits per heavy atom. The van der Waals surface area contributed by atoms with Crippen LogP contribution in [0.15, 0.2) is 30.3 Å². The van der Waals surface area contributed by atoms with E-state index in [0.29, 0.717) is 0 Å². The first kappa shape index (κ1) is 17.5. The Labute approximate surface area is 94.9 Å². The predicted octanol–water partition coefficient (Wildman–Crippen LogP) is -2.32. The number of nitrogens with two attached hydrogens (primary N) is 1. The number of benzene rings is 1. The standard InChI is InChI=1S/C6H7N.ClHO3.H2O4S/c7-6-4-2-1-3-5-6;2-1(3)4;1-5(2,3)4/h1-5H,7H2;2H;(H2,1,2,3,4). The maximum atomic E-state index is 8.74. The van der Waals surface area contributed by atoms with Gasteiger partial charge in [-0.15, -0.1) is 0 Å². The summed E-state index contributed by atoms with van der Waals surface area (Å²) < 4.78 is 55.6. The Balaban J connectivity index is 0. The third-order valence-electron chi connectivity index (χ3n) is 0.800. The molecule has 0 aliphatic heterocycles. The summed E-state index contributed by atoms with van der Waals surface area (Å²) in [6.07, 6.45) is 0. The molecular formula is C6H10ClNO7S. The second-order valence-electron chi connectivity index (χ2n) is 2.06. The monoisotopic (exact) mass is 275 g/mol. The van der Waals surface area contributed by atoms with E-state index in [0.717, 1.165) is 5.69 Å². The van der Waals surface area contributed by atoms with Crippen LogP contribution in [0.25, 0.3) is 0 Å². The summed E-state index contributed by atoms with van der Waals surface area (Å²) >= 11 is 0. The van der Waals surface area contributed by atoms with Crippen LogP contribution >= 0.6 is 0 Å². The number of rotatable bonds is 0. The highest BCUT2D eigenvalue weighted by Gasteiger charge is 1.84. The summed E-state index contributed by atoms with van der Waals surface area (Å²) in [4.78, 5) is 0. The molecule has 0 fully saturated rings. The number of hydrogen-bond acceptors (Lipinski definition) is 6. The minimum absolute atomic E-state index is 0.822. The van der Waals surface area contributed by atoms with Crippen molar-refractivity contribution in [3.8, 4) is 0 Å². The summed E-state index contributed by atoms with van der Waals surface area (Å²) in [6.45, 7) is 0. The van der Waals surface area contributed by atoms with Gasteiger partial charge in [-0.05, 0) is 12.1 Å². The molecule has 0 unspecified atom stereocenters. The molecule has 0 radical (unpaired) electrons. The molecule has 0 heterocycles. The van der Waals surface area contributed by atoms with Crippen molar-refractivity contribution in [3.63, 3.8) is 0 Å². The van der Waals surface area contributed by atoms with E-state index in [1.807, 2.05) is 30.3 Å². The van der Waals surface area contributed by atoms with Gasteiger partial charge in [-0.3, -0.25) is 9.11 Å². The highest BCUT2D eigenvalue weighted by atomic mass is 35.6. The second-order valence-corrected chi connectivity index (χ2v) is 3.36. The summed E-state index contributed by atoms with van der Waals surface area (Å²) in [6, 6.07) is 9.49. The van der Waals surface area contributed by atoms with Crippen LogP contribution in [-0.2, 0) is 10.4 Å². The SMILES string of the molecule is Nc1ccccc1.O=S(=O)(O)O.[O-][Cl+2]([O-])O. The van der Waals surface area contributed by atoms with E-state index in [9.17, 15) is 0 Å². The largest absolute Gasteiger partial charge is 0.399 e. The van der Waals surface area contributed by atoms with Crippen molar-refractivity contribution in [2.75, 3.05) is 5.73 Å². The number of anilines is 1. The molecule has 0 saturated heterocycles. The average molecular weight is 276 g/mol. The van der Waals surface area contributed by atoms with Crippen LogP contribution in [-0.4, -0.2) is 22.2 Å². The van der Waals surface area contributed by atoms with Crippen LogP contribution in [0, 0.1) is 10.8 Å². The zero-order chi connectivity index (χ0) is 13.2. The van der Waals surface area contributed by atoms with E-state index in [1.54, 1.807) is 0 Å². The van der Waals surface area contributed by atoms with Gasteiger partial charge in [0, 0.05) is 10.3 Å². The number of hydrogen-bond donors (Lipinski definition) is 4. The Bertz CT molecular complexity index is 344. The van der Waals surface area contributed by atoms with Crippen molar-refractivity contribution in [1.29, 1.82) is 0 Å². The maximum Gasteiger partial charge on any atom is 0.394 e. The molecular weight excluding hydrogens is 266 g/mol. The van der Waals surface area contributed by atoms with Gasteiger partial charge in [-0.25, -0.2) is 0 Å². The van der Waals surface area contributed by atoms with Crippen molar-refractivity contribution in [2.24, 2.45) is 0 Å². The van der Waals surface area contributed by atoms with E-state index in [4.69, 9.17) is 37.2 Å². The van der Waals surface area contributed by atoms with Crippen molar-refractivity contribution in [3.05, 3.63) is 30.3 Å². The van der Waals surface area contributed by atoms with Crippen LogP contribution in [0.5, 0.6) is 0 Å². The lowest BCUT2D eigenvalue weighted by Gasteiger charge is -1.83. The number of halogens is 1. The Hall–Kier alpha value is -0.940. The normalized spacial score (nSPS) is 9.62. The maximum absolute atomic E-state index is 8.74. The molecule has 0 aliphatic carbocycles. The first-order chi connectivity index (χ1) is 7.13. The second kappa shape index (κ2) is 9.30. The fraction of sp³-hybridized carbons (Fsp3) is 0. The highest BCUT2D eigenvalue weighted by Crippen LogP contribution is 1.95. The summed E-state index contributed by atoms with van der Waals surface area (Å²) in [7, 11) is -7.27. The molecule has 0 amide bonds. The molecule has 5 N–H and O–H groups in total. The molecule has 1 aromatic rings. The first-order valence-corrected chi connectivity index (χ1v) is 5.73. The molecule has 0 saturated carbocycles. The van der Waals surface area contributed by atoms with E-state index in [2.05, 4.69) is 0 Å². The van der Waals surface area contributed by atoms with Gasteiger partial charge in [0.25, 0.3) is 10.8 Å². The molecule has 1 rings (SSSR count). The van der Waals surface area contributed by atoms with Gasteiger partial charge >= 0.3 is 10.4 Å². The minimum atomic E-state index is -4.67. The van der Waals surface area contributed by atoms with Gasteiger partial charge < -0.3 is 15.1 Å². The van der Waals surface area contributed by atoms with Gasteiger partial charge in [-0.2, -0.15) is 8.42 Å². The molecule has 0 aliphatic rings. The fourth-order valence-electron chi connectivity index (χ4n) is 0.453. The van der Waals surface area contributed by atoms with Gasteiger partial charge in [0.2, 0.25) is 0 Å². The van der Waals surface area contributed by atoms with E-state index in [1.165, 1.54) is 0 Å². The van der Waals surface area contributed by atoms with E-state index < -0.39 is 21.2 Å². The highest BCUT2D eigenvalue weighted by molar-refractivity contribution is 7.79. The lowest BCUT2D eigenvalue weighted by atomic mass is 10.3. The summed E-state index contributed by atoms with van der Waals surface area (Å²) in [5.41, 5.74) is 6.18. The molecule has 8 nitrogen and oxygen atoms in total. The zero-order valence-electron chi connectivity index (χ0n) is 7.72. The van der Waals surface area contributed by atoms with Crippen LogP contribution in [0.3, 0.4) is 0 Å². The Morgan fingerprint density at radius 1 is 1.12 bits per heavy atom.